The number of rotatable bonds is 2. The van der Waals surface area contributed by atoms with Crippen LogP contribution < -0.4 is 0 Å². The Hall–Kier alpha value is -1.40. The smallest absolute Gasteiger partial charge is 0.410 e. The standard InChI is InChI=1S/C11H17F2NO4/c1-10(2,3)18-9(17)14-6-11(12,13)5-7(14)4-8(15)16/h7H,4-6H2,1-3H3,(H,15,16)/t7-/m0/s1. The van der Waals surface area contributed by atoms with E-state index in [4.69, 9.17) is 9.84 Å². The van der Waals surface area contributed by atoms with E-state index in [1.807, 2.05) is 0 Å². The fourth-order valence-corrected chi connectivity index (χ4v) is 1.82. The van der Waals surface area contributed by atoms with Crippen LogP contribution in [0.5, 0.6) is 0 Å². The Morgan fingerprint density at radius 2 is 2.00 bits per heavy atom. The molecule has 1 saturated heterocycles. The number of carbonyl (C=O) groups is 2. The lowest BCUT2D eigenvalue weighted by Crippen LogP contribution is -2.41. The Labute approximate surface area is 104 Å². The molecule has 5 nitrogen and oxygen atoms in total. The Bertz CT molecular complexity index is 351. The number of amides is 1. The maximum atomic E-state index is 13.2. The minimum absolute atomic E-state index is 0.505. The van der Waals surface area contributed by atoms with Crippen LogP contribution in [0.1, 0.15) is 33.6 Å². The summed E-state index contributed by atoms with van der Waals surface area (Å²) >= 11 is 0. The van der Waals surface area contributed by atoms with Gasteiger partial charge in [-0.1, -0.05) is 0 Å². The molecule has 0 bridgehead atoms. The number of hydrogen-bond donors (Lipinski definition) is 1. The summed E-state index contributed by atoms with van der Waals surface area (Å²) < 4.78 is 31.5. The summed E-state index contributed by atoms with van der Waals surface area (Å²) in [7, 11) is 0. The lowest BCUT2D eigenvalue weighted by Gasteiger charge is -2.27. The van der Waals surface area contributed by atoms with Gasteiger partial charge >= 0.3 is 12.1 Å². The summed E-state index contributed by atoms with van der Waals surface area (Å²) in [5, 5.41) is 8.65. The largest absolute Gasteiger partial charge is 0.481 e. The van der Waals surface area contributed by atoms with Crippen molar-refractivity contribution in [2.24, 2.45) is 0 Å². The molecule has 0 radical (unpaired) electrons. The van der Waals surface area contributed by atoms with Gasteiger partial charge in [-0.25, -0.2) is 13.6 Å². The zero-order chi connectivity index (χ0) is 14.1. The average molecular weight is 265 g/mol. The molecule has 1 amide bonds. The third kappa shape index (κ3) is 4.12. The predicted octanol–water partition coefficient (Wildman–Crippen LogP) is 2.11. The molecule has 1 N–H and O–H groups in total. The molecule has 0 unspecified atom stereocenters. The molecule has 0 aromatic heterocycles. The number of aliphatic carboxylic acids is 1. The Morgan fingerprint density at radius 3 is 2.44 bits per heavy atom. The van der Waals surface area contributed by atoms with Crippen LogP contribution >= 0.6 is 0 Å². The fourth-order valence-electron chi connectivity index (χ4n) is 1.82. The molecule has 7 heteroatoms. The van der Waals surface area contributed by atoms with Gasteiger partial charge in [0.05, 0.1) is 19.0 Å². The Balaban J connectivity index is 2.77. The molecule has 104 valence electrons. The van der Waals surface area contributed by atoms with Crippen molar-refractivity contribution in [2.45, 2.75) is 51.2 Å². The summed E-state index contributed by atoms with van der Waals surface area (Å²) in [5.74, 6) is -4.27. The number of hydrogen-bond acceptors (Lipinski definition) is 3. The van der Waals surface area contributed by atoms with E-state index in [2.05, 4.69) is 0 Å². The summed E-state index contributed by atoms with van der Waals surface area (Å²) in [5.41, 5.74) is -0.803. The number of carboxylic acid groups (broad SMARTS) is 1. The van der Waals surface area contributed by atoms with Crippen molar-refractivity contribution >= 4 is 12.1 Å². The van der Waals surface area contributed by atoms with Crippen LogP contribution in [0.3, 0.4) is 0 Å². The second-order valence-electron chi connectivity index (χ2n) is 5.42. The van der Waals surface area contributed by atoms with Crippen molar-refractivity contribution in [2.75, 3.05) is 6.54 Å². The van der Waals surface area contributed by atoms with E-state index in [1.54, 1.807) is 20.8 Å². The van der Waals surface area contributed by atoms with Crippen molar-refractivity contribution in [3.63, 3.8) is 0 Å². The van der Waals surface area contributed by atoms with Crippen molar-refractivity contribution in [1.29, 1.82) is 0 Å². The van der Waals surface area contributed by atoms with Crippen LogP contribution in [-0.4, -0.2) is 46.2 Å². The highest BCUT2D eigenvalue weighted by atomic mass is 19.3. The van der Waals surface area contributed by atoms with Gasteiger partial charge in [-0.2, -0.15) is 0 Å². The fraction of sp³-hybridized carbons (Fsp3) is 0.818. The molecular weight excluding hydrogens is 248 g/mol. The van der Waals surface area contributed by atoms with Crippen molar-refractivity contribution < 1.29 is 28.2 Å². The van der Waals surface area contributed by atoms with Gasteiger partial charge in [-0.15, -0.1) is 0 Å². The van der Waals surface area contributed by atoms with E-state index < -0.39 is 49.0 Å². The average Bonchev–Trinajstić information content (AvgIpc) is 2.36. The van der Waals surface area contributed by atoms with Crippen molar-refractivity contribution in [3.05, 3.63) is 0 Å². The molecule has 18 heavy (non-hydrogen) atoms. The number of alkyl halides is 2. The number of carbonyl (C=O) groups excluding carboxylic acids is 1. The van der Waals surface area contributed by atoms with Crippen LogP contribution in [0, 0.1) is 0 Å². The molecule has 0 saturated carbocycles. The van der Waals surface area contributed by atoms with E-state index in [0.717, 1.165) is 4.90 Å². The summed E-state index contributed by atoms with van der Waals surface area (Å²) in [6, 6.07) is -1.02. The minimum atomic E-state index is -3.06. The molecule has 0 spiro atoms. The SMILES string of the molecule is CC(C)(C)OC(=O)N1CC(F)(F)C[C@@H]1CC(=O)O. The number of ether oxygens (including phenoxy) is 1. The zero-order valence-electron chi connectivity index (χ0n) is 10.6. The van der Waals surface area contributed by atoms with Gasteiger partial charge in [-0.05, 0) is 20.8 Å². The quantitative estimate of drug-likeness (QED) is 0.830. The molecule has 1 aliphatic rings. The van der Waals surface area contributed by atoms with Crippen LogP contribution in [0.15, 0.2) is 0 Å². The first-order chi connectivity index (χ1) is 8.00. The van der Waals surface area contributed by atoms with E-state index in [9.17, 15) is 18.4 Å². The maximum absolute atomic E-state index is 13.2. The first-order valence-electron chi connectivity index (χ1n) is 5.59. The van der Waals surface area contributed by atoms with Gasteiger partial charge < -0.3 is 9.84 Å². The molecule has 0 aromatic rings. The van der Waals surface area contributed by atoms with Gasteiger partial charge in [-0.3, -0.25) is 9.69 Å². The number of likely N-dealkylation sites (tertiary alicyclic amines) is 1. The second kappa shape index (κ2) is 4.70. The first-order valence-corrected chi connectivity index (χ1v) is 5.59. The van der Waals surface area contributed by atoms with Gasteiger partial charge in [0.1, 0.15) is 5.60 Å². The molecule has 0 aromatic carbocycles. The molecular formula is C11H17F2NO4. The van der Waals surface area contributed by atoms with E-state index >= 15 is 0 Å². The molecule has 0 aliphatic carbocycles. The topological polar surface area (TPSA) is 66.8 Å². The normalized spacial score (nSPS) is 22.9. The van der Waals surface area contributed by atoms with Crippen LogP contribution in [0.2, 0.25) is 0 Å². The van der Waals surface area contributed by atoms with Crippen LogP contribution in [0.25, 0.3) is 0 Å². The summed E-state index contributed by atoms with van der Waals surface area (Å²) in [4.78, 5) is 23.1. The minimum Gasteiger partial charge on any atom is -0.481 e. The molecule has 1 rings (SSSR count). The van der Waals surface area contributed by atoms with Gasteiger partial charge in [0.15, 0.2) is 0 Å². The third-order valence-corrected chi connectivity index (χ3v) is 2.41. The zero-order valence-corrected chi connectivity index (χ0v) is 10.6. The Kier molecular flexibility index (Phi) is 3.83. The molecule has 1 heterocycles. The van der Waals surface area contributed by atoms with Gasteiger partial charge in [0.2, 0.25) is 0 Å². The van der Waals surface area contributed by atoms with Crippen LogP contribution in [0.4, 0.5) is 13.6 Å². The van der Waals surface area contributed by atoms with E-state index in [-0.39, 0.29) is 0 Å². The van der Waals surface area contributed by atoms with Crippen molar-refractivity contribution in [3.8, 4) is 0 Å². The number of halogens is 2. The number of carboxylic acids is 1. The van der Waals surface area contributed by atoms with Crippen LogP contribution in [-0.2, 0) is 9.53 Å². The lowest BCUT2D eigenvalue weighted by atomic mass is 10.1. The second-order valence-corrected chi connectivity index (χ2v) is 5.42. The van der Waals surface area contributed by atoms with Crippen molar-refractivity contribution in [1.82, 2.24) is 4.90 Å². The number of nitrogens with zero attached hydrogens (tertiary/aromatic N) is 1. The van der Waals surface area contributed by atoms with Gasteiger partial charge in [0.25, 0.3) is 5.92 Å². The summed E-state index contributed by atoms with van der Waals surface area (Å²) in [6.07, 6.45) is -2.04. The third-order valence-electron chi connectivity index (χ3n) is 2.41. The molecule has 1 atom stereocenters. The van der Waals surface area contributed by atoms with E-state index in [1.165, 1.54) is 0 Å². The maximum Gasteiger partial charge on any atom is 0.410 e. The van der Waals surface area contributed by atoms with E-state index in [0.29, 0.717) is 0 Å². The highest BCUT2D eigenvalue weighted by Crippen LogP contribution is 2.34. The summed E-state index contributed by atoms with van der Waals surface area (Å²) in [6.45, 7) is 4.06. The lowest BCUT2D eigenvalue weighted by molar-refractivity contribution is -0.138. The Morgan fingerprint density at radius 1 is 1.44 bits per heavy atom. The molecule has 1 fully saturated rings. The first kappa shape index (κ1) is 14.7. The predicted molar refractivity (Wildman–Crippen MR) is 58.5 cm³/mol. The van der Waals surface area contributed by atoms with Gasteiger partial charge in [0, 0.05) is 6.42 Å². The monoisotopic (exact) mass is 265 g/mol. The molecule has 1 aliphatic heterocycles. The highest BCUT2D eigenvalue weighted by molar-refractivity contribution is 5.72. The highest BCUT2D eigenvalue weighted by Gasteiger charge is 2.48.